The third-order valence-electron chi connectivity index (χ3n) is 3.88. The SMILES string of the molecule is Cc1ccc(CNC2C(F)CN(C(=O)OC(C)(C)C)C[C@H]2F)cc1. The Morgan fingerprint density at radius 3 is 2.25 bits per heavy atom. The third-order valence-corrected chi connectivity index (χ3v) is 3.88. The number of aryl methyl sites for hydroxylation is 1. The van der Waals surface area contributed by atoms with Crippen LogP contribution in [0, 0.1) is 6.92 Å². The third kappa shape index (κ3) is 5.16. The van der Waals surface area contributed by atoms with Crippen molar-refractivity contribution in [3.05, 3.63) is 35.4 Å². The van der Waals surface area contributed by atoms with Gasteiger partial charge >= 0.3 is 6.09 Å². The lowest BCUT2D eigenvalue weighted by molar-refractivity contribution is -0.00820. The number of carbonyl (C=O) groups excluding carboxylic acids is 1. The van der Waals surface area contributed by atoms with Crippen molar-refractivity contribution in [2.45, 2.75) is 58.2 Å². The second kappa shape index (κ2) is 7.47. The van der Waals surface area contributed by atoms with Crippen molar-refractivity contribution in [3.8, 4) is 0 Å². The first-order chi connectivity index (χ1) is 11.2. The van der Waals surface area contributed by atoms with Crippen LogP contribution in [-0.4, -0.2) is 48.1 Å². The van der Waals surface area contributed by atoms with Crippen LogP contribution >= 0.6 is 0 Å². The van der Waals surface area contributed by atoms with Crippen LogP contribution in [0.5, 0.6) is 0 Å². The van der Waals surface area contributed by atoms with Crippen LogP contribution in [0.4, 0.5) is 13.6 Å². The van der Waals surface area contributed by atoms with Crippen molar-refractivity contribution >= 4 is 6.09 Å². The van der Waals surface area contributed by atoms with E-state index in [1.807, 2.05) is 31.2 Å². The Morgan fingerprint density at radius 1 is 1.21 bits per heavy atom. The Kier molecular flexibility index (Phi) is 5.80. The molecule has 1 heterocycles. The molecule has 1 saturated heterocycles. The Labute approximate surface area is 142 Å². The van der Waals surface area contributed by atoms with Gasteiger partial charge in [-0.2, -0.15) is 0 Å². The molecule has 3 atom stereocenters. The molecule has 1 aromatic carbocycles. The van der Waals surface area contributed by atoms with E-state index in [2.05, 4.69) is 5.32 Å². The molecule has 1 aliphatic heterocycles. The highest BCUT2D eigenvalue weighted by Gasteiger charge is 2.40. The van der Waals surface area contributed by atoms with Gasteiger partial charge in [0.05, 0.1) is 19.1 Å². The predicted octanol–water partition coefficient (Wildman–Crippen LogP) is 3.38. The molecule has 1 aliphatic rings. The molecule has 0 radical (unpaired) electrons. The Hall–Kier alpha value is -1.69. The van der Waals surface area contributed by atoms with Gasteiger partial charge in [-0.05, 0) is 33.3 Å². The molecule has 2 rings (SSSR count). The number of hydrogen-bond acceptors (Lipinski definition) is 3. The molecule has 0 saturated carbocycles. The Balaban J connectivity index is 1.91. The molecule has 1 aromatic rings. The van der Waals surface area contributed by atoms with E-state index in [1.54, 1.807) is 20.8 Å². The molecule has 1 fully saturated rings. The fraction of sp³-hybridized carbons (Fsp3) is 0.611. The lowest BCUT2D eigenvalue weighted by Gasteiger charge is -2.38. The zero-order valence-electron chi connectivity index (χ0n) is 14.7. The fourth-order valence-electron chi connectivity index (χ4n) is 2.62. The summed E-state index contributed by atoms with van der Waals surface area (Å²) in [6.07, 6.45) is -3.64. The summed E-state index contributed by atoms with van der Waals surface area (Å²) in [5.41, 5.74) is 1.42. The highest BCUT2D eigenvalue weighted by atomic mass is 19.1. The number of carbonyl (C=O) groups is 1. The maximum atomic E-state index is 14.4. The van der Waals surface area contributed by atoms with E-state index in [1.165, 1.54) is 0 Å². The summed E-state index contributed by atoms with van der Waals surface area (Å²) in [6, 6.07) is 6.85. The smallest absolute Gasteiger partial charge is 0.410 e. The molecule has 0 aliphatic carbocycles. The fourth-order valence-corrected chi connectivity index (χ4v) is 2.62. The van der Waals surface area contributed by atoms with Crippen LogP contribution < -0.4 is 5.32 Å². The number of halogens is 2. The van der Waals surface area contributed by atoms with Gasteiger partial charge in [-0.15, -0.1) is 0 Å². The Bertz CT molecular complexity index is 545. The van der Waals surface area contributed by atoms with Gasteiger partial charge in [0.25, 0.3) is 0 Å². The number of likely N-dealkylation sites (tertiary alicyclic amines) is 1. The van der Waals surface area contributed by atoms with Gasteiger partial charge in [0.15, 0.2) is 0 Å². The highest BCUT2D eigenvalue weighted by molar-refractivity contribution is 5.68. The van der Waals surface area contributed by atoms with E-state index >= 15 is 0 Å². The number of piperidine rings is 1. The first-order valence-electron chi connectivity index (χ1n) is 8.21. The van der Waals surface area contributed by atoms with Crippen molar-refractivity contribution < 1.29 is 18.3 Å². The second-order valence-corrected chi connectivity index (χ2v) is 7.31. The zero-order valence-corrected chi connectivity index (χ0v) is 14.7. The summed E-state index contributed by atoms with van der Waals surface area (Å²) in [5.74, 6) is 0. The molecule has 24 heavy (non-hydrogen) atoms. The predicted molar refractivity (Wildman–Crippen MR) is 89.4 cm³/mol. The number of benzene rings is 1. The maximum absolute atomic E-state index is 14.4. The van der Waals surface area contributed by atoms with E-state index in [4.69, 9.17) is 4.74 Å². The lowest BCUT2D eigenvalue weighted by atomic mass is 10.0. The number of nitrogens with zero attached hydrogens (tertiary/aromatic N) is 1. The molecular weight excluding hydrogens is 314 g/mol. The quantitative estimate of drug-likeness (QED) is 0.917. The molecule has 0 bridgehead atoms. The molecule has 0 spiro atoms. The number of nitrogens with one attached hydrogen (secondary N) is 1. The van der Waals surface area contributed by atoms with Gasteiger partial charge in [-0.25, -0.2) is 13.6 Å². The summed E-state index contributed by atoms with van der Waals surface area (Å²) in [4.78, 5) is 13.1. The van der Waals surface area contributed by atoms with Crippen molar-refractivity contribution in [2.24, 2.45) is 0 Å². The summed E-state index contributed by atoms with van der Waals surface area (Å²) in [5, 5.41) is 2.94. The minimum atomic E-state index is -1.48. The standard InChI is InChI=1S/C18H26F2N2O2/c1-12-5-7-13(8-6-12)9-21-16-14(19)10-22(11-15(16)20)17(23)24-18(2,3)4/h5-8,14-16,21H,9-11H2,1-4H3/t14-,15?,16?/m1/s1. The van der Waals surface area contributed by atoms with Gasteiger partial charge < -0.3 is 15.0 Å². The molecule has 6 heteroatoms. The second-order valence-electron chi connectivity index (χ2n) is 7.31. The van der Waals surface area contributed by atoms with E-state index in [0.29, 0.717) is 6.54 Å². The molecule has 1 N–H and O–H groups in total. The van der Waals surface area contributed by atoms with E-state index in [9.17, 15) is 13.6 Å². The first kappa shape index (κ1) is 18.6. The van der Waals surface area contributed by atoms with Gasteiger partial charge in [-0.1, -0.05) is 29.8 Å². The molecular formula is C18H26F2N2O2. The average Bonchev–Trinajstić information content (AvgIpc) is 2.46. The summed E-state index contributed by atoms with van der Waals surface area (Å²) < 4.78 is 33.9. The van der Waals surface area contributed by atoms with Crippen LogP contribution in [0.1, 0.15) is 31.9 Å². The number of alkyl halides is 2. The van der Waals surface area contributed by atoms with Gasteiger partial charge in [0.2, 0.25) is 0 Å². The highest BCUT2D eigenvalue weighted by Crippen LogP contribution is 2.20. The minimum Gasteiger partial charge on any atom is -0.444 e. The summed E-state index contributed by atoms with van der Waals surface area (Å²) in [7, 11) is 0. The lowest BCUT2D eigenvalue weighted by Crippen LogP contribution is -2.59. The van der Waals surface area contributed by atoms with E-state index < -0.39 is 30.1 Å². The minimum absolute atomic E-state index is 0.166. The van der Waals surface area contributed by atoms with Crippen molar-refractivity contribution in [1.82, 2.24) is 10.2 Å². The van der Waals surface area contributed by atoms with Crippen LogP contribution in [-0.2, 0) is 11.3 Å². The summed E-state index contributed by atoms with van der Waals surface area (Å²) in [6.45, 7) is 7.21. The van der Waals surface area contributed by atoms with Crippen molar-refractivity contribution in [3.63, 3.8) is 0 Å². The zero-order chi connectivity index (χ0) is 17.9. The molecule has 2 unspecified atom stereocenters. The van der Waals surface area contributed by atoms with Crippen LogP contribution in [0.2, 0.25) is 0 Å². The van der Waals surface area contributed by atoms with Gasteiger partial charge in [-0.3, -0.25) is 0 Å². The Morgan fingerprint density at radius 2 is 1.75 bits per heavy atom. The number of amides is 1. The van der Waals surface area contributed by atoms with E-state index in [-0.39, 0.29) is 13.1 Å². The van der Waals surface area contributed by atoms with Crippen molar-refractivity contribution in [2.75, 3.05) is 13.1 Å². The monoisotopic (exact) mass is 340 g/mol. The van der Waals surface area contributed by atoms with Gasteiger partial charge in [0.1, 0.15) is 17.9 Å². The number of ether oxygens (including phenoxy) is 1. The summed E-state index contributed by atoms with van der Waals surface area (Å²) >= 11 is 0. The molecule has 134 valence electrons. The number of rotatable bonds is 3. The molecule has 0 aromatic heterocycles. The largest absolute Gasteiger partial charge is 0.444 e. The first-order valence-corrected chi connectivity index (χ1v) is 8.21. The average molecular weight is 340 g/mol. The van der Waals surface area contributed by atoms with Crippen LogP contribution in [0.3, 0.4) is 0 Å². The van der Waals surface area contributed by atoms with Crippen LogP contribution in [0.15, 0.2) is 24.3 Å². The molecule has 4 nitrogen and oxygen atoms in total. The van der Waals surface area contributed by atoms with Gasteiger partial charge in [0, 0.05) is 6.54 Å². The van der Waals surface area contributed by atoms with E-state index in [0.717, 1.165) is 16.0 Å². The van der Waals surface area contributed by atoms with Crippen molar-refractivity contribution in [1.29, 1.82) is 0 Å². The molecule has 1 amide bonds. The maximum Gasteiger partial charge on any atom is 0.410 e. The normalized spacial score (nSPS) is 24.8. The van der Waals surface area contributed by atoms with Crippen LogP contribution in [0.25, 0.3) is 0 Å². The number of hydrogen-bond donors (Lipinski definition) is 1. The topological polar surface area (TPSA) is 41.6 Å².